The molecular formula is C44H66O4. The molecule has 0 spiro atoms. The number of esters is 2. The van der Waals surface area contributed by atoms with Gasteiger partial charge in [0.05, 0.1) is 0 Å². The zero-order valence-corrected chi connectivity index (χ0v) is 31.0. The molecule has 0 N–H and O–H groups in total. The van der Waals surface area contributed by atoms with Crippen LogP contribution in [0.15, 0.2) is 36.4 Å². The van der Waals surface area contributed by atoms with E-state index in [1.54, 1.807) is 0 Å². The second-order valence-corrected chi connectivity index (χ2v) is 15.0. The number of fused-ring (bicyclic) bond motifs is 5. The van der Waals surface area contributed by atoms with E-state index in [9.17, 15) is 9.59 Å². The third kappa shape index (κ3) is 11.2. The molecule has 0 heterocycles. The molecule has 4 nitrogen and oxygen atoms in total. The van der Waals surface area contributed by atoms with Crippen LogP contribution in [0.2, 0.25) is 0 Å². The van der Waals surface area contributed by atoms with Crippen LogP contribution in [-0.4, -0.2) is 11.9 Å². The van der Waals surface area contributed by atoms with Crippen LogP contribution in [0.4, 0.5) is 0 Å². The highest BCUT2D eigenvalue weighted by molar-refractivity contribution is 5.70. The van der Waals surface area contributed by atoms with Gasteiger partial charge in [0.25, 0.3) is 0 Å². The molecule has 48 heavy (non-hydrogen) atoms. The molecule has 2 aromatic rings. The van der Waals surface area contributed by atoms with Crippen molar-refractivity contribution in [3.63, 3.8) is 0 Å². The number of benzene rings is 2. The zero-order chi connectivity index (χ0) is 34.1. The number of ether oxygens (including phenoxy) is 2. The van der Waals surface area contributed by atoms with Crippen LogP contribution in [0.1, 0.15) is 207 Å². The van der Waals surface area contributed by atoms with E-state index in [-0.39, 0.29) is 36.0 Å². The Kier molecular flexibility index (Phi) is 16.5. The van der Waals surface area contributed by atoms with Gasteiger partial charge in [-0.2, -0.15) is 0 Å². The van der Waals surface area contributed by atoms with Gasteiger partial charge in [0.15, 0.2) is 0 Å². The Morgan fingerprint density at radius 3 is 1.27 bits per heavy atom. The fourth-order valence-corrected chi connectivity index (χ4v) is 8.42. The van der Waals surface area contributed by atoms with Crippen LogP contribution in [0.3, 0.4) is 0 Å². The summed E-state index contributed by atoms with van der Waals surface area (Å²) in [6.45, 7) is 8.90. The van der Waals surface area contributed by atoms with Gasteiger partial charge in [-0.25, -0.2) is 0 Å². The first kappa shape index (κ1) is 38.2. The summed E-state index contributed by atoms with van der Waals surface area (Å²) in [7, 11) is 0. The number of carbonyl (C=O) groups is 2. The van der Waals surface area contributed by atoms with Gasteiger partial charge in [0, 0.05) is 18.8 Å². The largest absolute Gasteiger partial charge is 0.457 e. The quantitative estimate of drug-likeness (QED) is 0.0933. The van der Waals surface area contributed by atoms with Gasteiger partial charge in [-0.05, 0) is 78.8 Å². The summed E-state index contributed by atoms with van der Waals surface area (Å²) < 4.78 is 12.6. The average molecular weight is 659 g/mol. The van der Waals surface area contributed by atoms with Gasteiger partial charge in [-0.1, -0.05) is 153 Å². The minimum absolute atomic E-state index is 0.0785. The van der Waals surface area contributed by atoms with Gasteiger partial charge in [-0.3, -0.25) is 9.59 Å². The molecule has 0 saturated heterocycles. The number of unbranched alkanes of at least 4 members (excludes halogenated alkanes) is 16. The molecule has 4 rings (SSSR count). The predicted octanol–water partition coefficient (Wildman–Crippen LogP) is 12.9. The second kappa shape index (κ2) is 20.8. The van der Waals surface area contributed by atoms with E-state index < -0.39 is 0 Å². The molecule has 2 aliphatic rings. The SMILES string of the molecule is CCCCCCCCCCCC(=O)OC1CC2CC(OC(=O)CCCCCCCCCCC)c3cccc(C)c3C2c2c(C)cccc21. The average Bonchev–Trinajstić information content (AvgIpc) is 3.07. The van der Waals surface area contributed by atoms with Crippen molar-refractivity contribution in [2.45, 2.75) is 187 Å². The van der Waals surface area contributed by atoms with Crippen LogP contribution in [0.25, 0.3) is 0 Å². The van der Waals surface area contributed by atoms with Gasteiger partial charge in [0.2, 0.25) is 0 Å². The van der Waals surface area contributed by atoms with E-state index in [0.29, 0.717) is 12.8 Å². The van der Waals surface area contributed by atoms with Crippen molar-refractivity contribution in [2.24, 2.45) is 5.92 Å². The fraction of sp³-hybridized carbons (Fsp3) is 0.682. The minimum atomic E-state index is -0.254. The predicted molar refractivity (Wildman–Crippen MR) is 198 cm³/mol. The number of carbonyl (C=O) groups excluding carboxylic acids is 2. The zero-order valence-electron chi connectivity index (χ0n) is 31.0. The van der Waals surface area contributed by atoms with E-state index in [1.807, 2.05) is 0 Å². The van der Waals surface area contributed by atoms with Gasteiger partial charge < -0.3 is 9.47 Å². The van der Waals surface area contributed by atoms with Gasteiger partial charge >= 0.3 is 11.9 Å². The lowest BCUT2D eigenvalue weighted by Crippen LogP contribution is -2.34. The van der Waals surface area contributed by atoms with Crippen molar-refractivity contribution in [3.05, 3.63) is 69.8 Å². The maximum Gasteiger partial charge on any atom is 0.306 e. The summed E-state index contributed by atoms with van der Waals surface area (Å²) in [4.78, 5) is 26.3. The van der Waals surface area contributed by atoms with E-state index >= 15 is 0 Å². The van der Waals surface area contributed by atoms with Crippen molar-refractivity contribution in [1.82, 2.24) is 0 Å². The molecule has 4 heteroatoms. The maximum atomic E-state index is 13.2. The summed E-state index contributed by atoms with van der Waals surface area (Å²) in [5.74, 6) is 0.301. The molecule has 0 amide bonds. The first-order valence-electron chi connectivity index (χ1n) is 20.0. The molecule has 2 aliphatic carbocycles. The van der Waals surface area contributed by atoms with Crippen molar-refractivity contribution < 1.29 is 19.1 Å². The monoisotopic (exact) mass is 658 g/mol. The number of hydrogen-bond acceptors (Lipinski definition) is 4. The van der Waals surface area contributed by atoms with Crippen molar-refractivity contribution in [1.29, 1.82) is 0 Å². The lowest BCUT2D eigenvalue weighted by molar-refractivity contribution is -0.152. The van der Waals surface area contributed by atoms with Crippen LogP contribution in [0, 0.1) is 19.8 Å². The summed E-state index contributed by atoms with van der Waals surface area (Å²) >= 11 is 0. The third-order valence-electron chi connectivity index (χ3n) is 11.1. The van der Waals surface area contributed by atoms with E-state index in [0.717, 1.165) is 49.7 Å². The van der Waals surface area contributed by atoms with Gasteiger partial charge in [0.1, 0.15) is 12.2 Å². The minimum Gasteiger partial charge on any atom is -0.457 e. The first-order chi connectivity index (χ1) is 23.4. The number of hydrogen-bond donors (Lipinski definition) is 0. The molecule has 2 unspecified atom stereocenters. The second-order valence-electron chi connectivity index (χ2n) is 15.0. The molecule has 0 aliphatic heterocycles. The van der Waals surface area contributed by atoms with Crippen LogP contribution >= 0.6 is 0 Å². The highest BCUT2D eigenvalue weighted by atomic mass is 16.5. The Morgan fingerprint density at radius 2 is 0.896 bits per heavy atom. The topological polar surface area (TPSA) is 52.6 Å². The van der Waals surface area contributed by atoms with Crippen LogP contribution in [0.5, 0.6) is 0 Å². The highest BCUT2D eigenvalue weighted by Gasteiger charge is 2.45. The summed E-state index contributed by atoms with van der Waals surface area (Å²) in [6, 6.07) is 12.9. The molecular weight excluding hydrogens is 592 g/mol. The van der Waals surface area contributed by atoms with E-state index in [4.69, 9.17) is 9.47 Å². The molecule has 266 valence electrons. The maximum absolute atomic E-state index is 13.2. The van der Waals surface area contributed by atoms with Crippen LogP contribution in [-0.2, 0) is 19.1 Å². The number of rotatable bonds is 22. The Bertz CT molecular complexity index is 1170. The summed E-state index contributed by atoms with van der Waals surface area (Å²) in [5.41, 5.74) is 7.43. The smallest absolute Gasteiger partial charge is 0.306 e. The van der Waals surface area contributed by atoms with Crippen molar-refractivity contribution in [2.75, 3.05) is 0 Å². The highest BCUT2D eigenvalue weighted by Crippen LogP contribution is 2.56. The third-order valence-corrected chi connectivity index (χ3v) is 11.1. The van der Waals surface area contributed by atoms with Crippen LogP contribution < -0.4 is 0 Å². The van der Waals surface area contributed by atoms with Gasteiger partial charge in [-0.15, -0.1) is 0 Å². The molecule has 0 aromatic heterocycles. The van der Waals surface area contributed by atoms with E-state index in [2.05, 4.69) is 64.1 Å². The standard InChI is InChI=1S/C44H66O4/c1-5-7-9-11-13-15-17-19-21-29-40(45)47-38-31-35-32-39(48-41(46)30-22-20-18-16-14-12-10-8-6-2)37-28-24-26-34(4)43(37)44(35)42-33(3)25-23-27-36(38)42/h23-28,35,38-39,44H,5-22,29-32H2,1-4H3. The molecule has 0 bridgehead atoms. The molecule has 0 fully saturated rings. The Balaban J connectivity index is 1.36. The first-order valence-corrected chi connectivity index (χ1v) is 20.0. The van der Waals surface area contributed by atoms with Crippen molar-refractivity contribution >= 4 is 11.9 Å². The lowest BCUT2D eigenvalue weighted by atomic mass is 9.62. The fourth-order valence-electron chi connectivity index (χ4n) is 8.42. The Hall–Kier alpha value is -2.62. The van der Waals surface area contributed by atoms with Crippen molar-refractivity contribution in [3.8, 4) is 0 Å². The molecule has 2 atom stereocenters. The summed E-state index contributed by atoms with van der Waals surface area (Å²) in [5, 5.41) is 0. The lowest BCUT2D eigenvalue weighted by Gasteiger charge is -2.45. The molecule has 2 aromatic carbocycles. The normalized spacial score (nSPS) is 19.7. The number of aryl methyl sites for hydroxylation is 2. The summed E-state index contributed by atoms with van der Waals surface area (Å²) in [6.07, 6.45) is 24.2. The molecule has 0 radical (unpaired) electrons. The Morgan fingerprint density at radius 1 is 0.542 bits per heavy atom. The van der Waals surface area contributed by atoms with E-state index in [1.165, 1.54) is 112 Å². The molecule has 0 saturated carbocycles. The Labute approximate surface area is 293 Å².